The Balaban J connectivity index is 2.25. The zero-order valence-corrected chi connectivity index (χ0v) is 12.1. The molecule has 0 aliphatic heterocycles. The van der Waals surface area contributed by atoms with E-state index < -0.39 is 0 Å². The van der Waals surface area contributed by atoms with Crippen molar-refractivity contribution < 1.29 is 0 Å². The van der Waals surface area contributed by atoms with Gasteiger partial charge in [0.25, 0.3) is 0 Å². The summed E-state index contributed by atoms with van der Waals surface area (Å²) in [5, 5.41) is 4.46. The van der Waals surface area contributed by atoms with Crippen LogP contribution < -0.4 is 5.32 Å². The smallest absolute Gasteiger partial charge is 0.183 e. The van der Waals surface area contributed by atoms with Crippen molar-refractivity contribution in [1.82, 2.24) is 4.98 Å². The first-order valence-electron chi connectivity index (χ1n) is 6.49. The fourth-order valence-electron chi connectivity index (χ4n) is 1.77. The molecule has 2 aromatic rings. The van der Waals surface area contributed by atoms with Crippen LogP contribution in [-0.4, -0.2) is 11.5 Å². The Morgan fingerprint density at radius 3 is 2.56 bits per heavy atom. The van der Waals surface area contributed by atoms with Gasteiger partial charge >= 0.3 is 0 Å². The molecule has 0 aliphatic carbocycles. The van der Waals surface area contributed by atoms with Gasteiger partial charge in [0.2, 0.25) is 0 Å². The molecule has 0 aliphatic rings. The third-order valence-corrected chi connectivity index (χ3v) is 3.83. The van der Waals surface area contributed by atoms with E-state index in [1.54, 1.807) is 11.3 Å². The Hall–Kier alpha value is -1.35. The van der Waals surface area contributed by atoms with Crippen molar-refractivity contribution in [3.05, 3.63) is 36.0 Å². The van der Waals surface area contributed by atoms with Crippen LogP contribution in [0.15, 0.2) is 30.3 Å². The summed E-state index contributed by atoms with van der Waals surface area (Å²) in [6.45, 7) is 7.55. The minimum Gasteiger partial charge on any atom is -0.361 e. The molecule has 0 radical (unpaired) electrons. The number of nitrogens with one attached hydrogen (secondary N) is 1. The molecule has 2 nitrogen and oxygen atoms in total. The number of nitrogens with zero attached hydrogens (tertiary/aromatic N) is 1. The minimum atomic E-state index is 0.638. The first-order valence-corrected chi connectivity index (χ1v) is 7.31. The Morgan fingerprint density at radius 1 is 1.22 bits per heavy atom. The number of hydrogen-bond acceptors (Lipinski definition) is 3. The molecule has 0 saturated carbocycles. The van der Waals surface area contributed by atoms with Crippen molar-refractivity contribution in [2.75, 3.05) is 11.9 Å². The maximum absolute atomic E-state index is 4.68. The van der Waals surface area contributed by atoms with Gasteiger partial charge in [-0.2, -0.15) is 0 Å². The highest BCUT2D eigenvalue weighted by Crippen LogP contribution is 2.33. The molecule has 0 fully saturated rings. The second-order valence-corrected chi connectivity index (χ2v) is 5.79. The van der Waals surface area contributed by atoms with E-state index in [-0.39, 0.29) is 0 Å². The average molecular weight is 260 g/mol. The van der Waals surface area contributed by atoms with Gasteiger partial charge in [0.1, 0.15) is 0 Å². The third kappa shape index (κ3) is 3.10. The molecule has 0 unspecified atom stereocenters. The fraction of sp³-hybridized carbons (Fsp3) is 0.400. The topological polar surface area (TPSA) is 24.9 Å². The predicted octanol–water partition coefficient (Wildman–Crippen LogP) is 4.44. The Bertz CT molecular complexity index is 488. The Kier molecular flexibility index (Phi) is 4.37. The summed E-state index contributed by atoms with van der Waals surface area (Å²) in [5.74, 6) is 0.638. The van der Waals surface area contributed by atoms with Gasteiger partial charge in [-0.25, -0.2) is 4.98 Å². The van der Waals surface area contributed by atoms with Gasteiger partial charge in [-0.1, -0.05) is 62.4 Å². The van der Waals surface area contributed by atoms with Gasteiger partial charge in [-0.3, -0.25) is 0 Å². The van der Waals surface area contributed by atoms with Crippen LogP contribution in [0.1, 0.15) is 26.5 Å². The molecule has 1 N–H and O–H groups in total. The molecule has 0 spiro atoms. The van der Waals surface area contributed by atoms with E-state index >= 15 is 0 Å². The SMILES string of the molecule is CCc1nc(NCC(C)C)sc1-c1ccccc1. The van der Waals surface area contributed by atoms with E-state index in [1.165, 1.54) is 16.1 Å². The lowest BCUT2D eigenvalue weighted by molar-refractivity contribution is 0.688. The van der Waals surface area contributed by atoms with Gasteiger partial charge < -0.3 is 5.32 Å². The summed E-state index contributed by atoms with van der Waals surface area (Å²) in [6.07, 6.45) is 0.976. The van der Waals surface area contributed by atoms with Crippen LogP contribution in [-0.2, 0) is 6.42 Å². The number of thiazole rings is 1. The number of anilines is 1. The second kappa shape index (κ2) is 6.01. The average Bonchev–Trinajstić information content (AvgIpc) is 2.80. The highest BCUT2D eigenvalue weighted by atomic mass is 32.1. The van der Waals surface area contributed by atoms with Crippen molar-refractivity contribution in [1.29, 1.82) is 0 Å². The van der Waals surface area contributed by atoms with Crippen LogP contribution in [0.25, 0.3) is 10.4 Å². The number of aryl methyl sites for hydroxylation is 1. The molecule has 0 saturated heterocycles. The van der Waals surface area contributed by atoms with E-state index in [1.807, 2.05) is 6.07 Å². The molecule has 2 rings (SSSR count). The van der Waals surface area contributed by atoms with Gasteiger partial charge in [0, 0.05) is 6.54 Å². The van der Waals surface area contributed by atoms with Crippen molar-refractivity contribution >= 4 is 16.5 Å². The fourth-order valence-corrected chi connectivity index (χ4v) is 2.84. The minimum absolute atomic E-state index is 0.638. The molecule has 0 bridgehead atoms. The summed E-state index contributed by atoms with van der Waals surface area (Å²) in [5.41, 5.74) is 2.46. The maximum atomic E-state index is 4.68. The van der Waals surface area contributed by atoms with Gasteiger partial charge in [0.15, 0.2) is 5.13 Å². The quantitative estimate of drug-likeness (QED) is 0.859. The van der Waals surface area contributed by atoms with Crippen molar-refractivity contribution in [3.8, 4) is 10.4 Å². The standard InChI is InChI=1S/C15H20N2S/c1-4-13-14(12-8-6-5-7-9-12)18-15(17-13)16-10-11(2)3/h5-9,11H,4,10H2,1-3H3,(H,16,17). The van der Waals surface area contributed by atoms with E-state index in [4.69, 9.17) is 0 Å². The molecule has 1 aromatic heterocycles. The zero-order chi connectivity index (χ0) is 13.0. The van der Waals surface area contributed by atoms with E-state index in [0.717, 1.165) is 18.1 Å². The number of hydrogen-bond donors (Lipinski definition) is 1. The third-order valence-electron chi connectivity index (χ3n) is 2.73. The highest BCUT2D eigenvalue weighted by molar-refractivity contribution is 7.19. The summed E-state index contributed by atoms with van der Waals surface area (Å²) in [6, 6.07) is 10.5. The zero-order valence-electron chi connectivity index (χ0n) is 11.2. The van der Waals surface area contributed by atoms with Crippen LogP contribution in [0.4, 0.5) is 5.13 Å². The molecular formula is C15H20N2S. The van der Waals surface area contributed by atoms with E-state index in [9.17, 15) is 0 Å². The van der Waals surface area contributed by atoms with Gasteiger partial charge in [-0.05, 0) is 17.9 Å². The lowest BCUT2D eigenvalue weighted by Gasteiger charge is -2.04. The summed E-state index contributed by atoms with van der Waals surface area (Å²) in [7, 11) is 0. The lowest BCUT2D eigenvalue weighted by atomic mass is 10.1. The summed E-state index contributed by atoms with van der Waals surface area (Å²) >= 11 is 1.76. The first-order chi connectivity index (χ1) is 8.70. The van der Waals surface area contributed by atoms with Crippen LogP contribution >= 0.6 is 11.3 Å². The van der Waals surface area contributed by atoms with Gasteiger partial charge in [-0.15, -0.1) is 0 Å². The largest absolute Gasteiger partial charge is 0.361 e. The molecule has 1 aromatic carbocycles. The molecule has 96 valence electrons. The van der Waals surface area contributed by atoms with E-state index in [0.29, 0.717) is 5.92 Å². The number of rotatable bonds is 5. The molecule has 1 heterocycles. The predicted molar refractivity (Wildman–Crippen MR) is 80.3 cm³/mol. The monoisotopic (exact) mass is 260 g/mol. The summed E-state index contributed by atoms with van der Waals surface area (Å²) in [4.78, 5) is 5.98. The van der Waals surface area contributed by atoms with Crippen LogP contribution in [0.2, 0.25) is 0 Å². The molecule has 0 atom stereocenters. The summed E-state index contributed by atoms with van der Waals surface area (Å²) < 4.78 is 0. The molecular weight excluding hydrogens is 240 g/mol. The van der Waals surface area contributed by atoms with Crippen LogP contribution in [0.3, 0.4) is 0 Å². The van der Waals surface area contributed by atoms with Crippen molar-refractivity contribution in [3.63, 3.8) is 0 Å². The molecule has 3 heteroatoms. The number of benzene rings is 1. The lowest BCUT2D eigenvalue weighted by Crippen LogP contribution is -2.07. The highest BCUT2D eigenvalue weighted by Gasteiger charge is 2.11. The van der Waals surface area contributed by atoms with Crippen LogP contribution in [0.5, 0.6) is 0 Å². The normalized spacial score (nSPS) is 10.9. The van der Waals surface area contributed by atoms with E-state index in [2.05, 4.69) is 55.3 Å². The first kappa shape index (κ1) is 13.1. The van der Waals surface area contributed by atoms with Crippen molar-refractivity contribution in [2.24, 2.45) is 5.92 Å². The molecule has 18 heavy (non-hydrogen) atoms. The van der Waals surface area contributed by atoms with Crippen molar-refractivity contribution in [2.45, 2.75) is 27.2 Å². The maximum Gasteiger partial charge on any atom is 0.183 e. The van der Waals surface area contributed by atoms with Gasteiger partial charge in [0.05, 0.1) is 10.6 Å². The Labute approximate surface area is 113 Å². The second-order valence-electron chi connectivity index (χ2n) is 4.79. The Morgan fingerprint density at radius 2 is 1.94 bits per heavy atom. The molecule has 0 amide bonds. The number of aromatic nitrogens is 1. The van der Waals surface area contributed by atoms with Crippen LogP contribution in [0, 0.1) is 5.92 Å².